The van der Waals surface area contributed by atoms with Gasteiger partial charge in [0.2, 0.25) is 5.91 Å². The van der Waals surface area contributed by atoms with Crippen molar-refractivity contribution in [1.29, 1.82) is 0 Å². The predicted molar refractivity (Wildman–Crippen MR) is 112 cm³/mol. The van der Waals surface area contributed by atoms with E-state index >= 15 is 0 Å². The molecule has 0 bridgehead atoms. The van der Waals surface area contributed by atoms with E-state index < -0.39 is 6.61 Å². The minimum absolute atomic E-state index is 0.185. The van der Waals surface area contributed by atoms with Crippen LogP contribution in [0.25, 0.3) is 10.2 Å². The molecule has 1 aromatic heterocycles. The molecule has 1 unspecified atom stereocenters. The lowest BCUT2D eigenvalue weighted by Crippen LogP contribution is -2.33. The number of ether oxygens (including phenoxy) is 1. The summed E-state index contributed by atoms with van der Waals surface area (Å²) in [6, 6.07) is 16.1. The molecule has 0 aliphatic carbocycles. The van der Waals surface area contributed by atoms with E-state index in [2.05, 4.69) is 28.2 Å². The Hall–Kier alpha value is -2.90. The molecule has 6 nitrogen and oxygen atoms in total. The number of rotatable bonds is 5. The first kappa shape index (κ1) is 18.1. The fourth-order valence-corrected chi connectivity index (χ4v) is 4.82. The van der Waals surface area contributed by atoms with Gasteiger partial charge < -0.3 is 19.6 Å². The third kappa shape index (κ3) is 3.71. The van der Waals surface area contributed by atoms with Crippen molar-refractivity contribution in [2.75, 3.05) is 26.2 Å². The number of nitrogens with zero attached hydrogens (tertiary/aromatic N) is 3. The molecule has 5 rings (SSSR count). The Morgan fingerprint density at radius 1 is 1.17 bits per heavy atom. The van der Waals surface area contributed by atoms with Crippen molar-refractivity contribution < 1.29 is 14.6 Å². The second-order valence-corrected chi connectivity index (χ2v) is 8.45. The highest BCUT2D eigenvalue weighted by Crippen LogP contribution is 2.32. The number of aliphatic hydroxyl groups is 1. The summed E-state index contributed by atoms with van der Waals surface area (Å²) in [5.41, 5.74) is 3.44. The zero-order valence-corrected chi connectivity index (χ0v) is 16.6. The molecular weight excluding hydrogens is 386 g/mol. The van der Waals surface area contributed by atoms with Gasteiger partial charge in [-0.1, -0.05) is 35.6 Å². The number of aliphatic hydroxyl groups excluding tert-OH is 1. The minimum atomic E-state index is -0.408. The Balaban J connectivity index is 1.20. The monoisotopic (exact) mass is 407 g/mol. The number of aromatic nitrogens is 1. The van der Waals surface area contributed by atoms with Crippen LogP contribution in [0.3, 0.4) is 0 Å². The van der Waals surface area contributed by atoms with E-state index in [1.54, 1.807) is 16.2 Å². The molecule has 1 fully saturated rings. The van der Waals surface area contributed by atoms with Crippen LogP contribution >= 0.6 is 11.3 Å². The van der Waals surface area contributed by atoms with Crippen molar-refractivity contribution in [3.05, 3.63) is 65.9 Å². The number of carbonyl (C=O) groups excluding carboxylic acids is 1. The Bertz CT molecular complexity index is 1040. The zero-order chi connectivity index (χ0) is 19.8. The normalized spacial score (nSPS) is 18.2. The number of thiazole rings is 1. The molecule has 0 saturated carbocycles. The van der Waals surface area contributed by atoms with Crippen molar-refractivity contribution in [1.82, 2.24) is 14.8 Å². The first-order chi connectivity index (χ1) is 14.2. The van der Waals surface area contributed by atoms with Gasteiger partial charge >= 0.3 is 0 Å². The molecule has 2 aliphatic heterocycles. The molecule has 1 N–H and O–H groups in total. The number of hydrogen-bond acceptors (Lipinski definition) is 6. The highest BCUT2D eigenvalue weighted by atomic mass is 32.1. The van der Waals surface area contributed by atoms with Gasteiger partial charge in [-0.25, -0.2) is 4.98 Å². The Morgan fingerprint density at radius 3 is 2.76 bits per heavy atom. The lowest BCUT2D eigenvalue weighted by molar-refractivity contribution is -0.133. The molecule has 2 aromatic carbocycles. The van der Waals surface area contributed by atoms with Gasteiger partial charge in [-0.3, -0.25) is 4.79 Å². The fraction of sp³-hybridized carbons (Fsp3) is 0.273. The average molecular weight is 407 g/mol. The van der Waals surface area contributed by atoms with Crippen LogP contribution in [0.5, 0.6) is 10.9 Å². The van der Waals surface area contributed by atoms with Gasteiger partial charge in [0, 0.05) is 38.3 Å². The standard InChI is InChI=1S/C22H21N3O3S/c26-14-21(27)25-12-16-10-24(11-17(16)13-25)9-15-5-7-18(8-6-15)28-22-23-19-3-1-2-4-20(19)29-22/h1-8,10,17,26H,9,11-14H2. The van der Waals surface area contributed by atoms with E-state index in [4.69, 9.17) is 9.84 Å². The summed E-state index contributed by atoms with van der Waals surface area (Å²) >= 11 is 1.54. The number of carbonyl (C=O) groups is 1. The third-order valence-electron chi connectivity index (χ3n) is 5.42. The molecular formula is C22H21N3O3S. The van der Waals surface area contributed by atoms with Crippen LogP contribution < -0.4 is 4.74 Å². The second kappa shape index (κ2) is 7.50. The Morgan fingerprint density at radius 2 is 2.00 bits per heavy atom. The lowest BCUT2D eigenvalue weighted by Gasteiger charge is -2.20. The lowest BCUT2D eigenvalue weighted by atomic mass is 10.1. The second-order valence-electron chi connectivity index (χ2n) is 7.46. The highest BCUT2D eigenvalue weighted by Gasteiger charge is 2.34. The van der Waals surface area contributed by atoms with Crippen LogP contribution in [0.2, 0.25) is 0 Å². The first-order valence-corrected chi connectivity index (χ1v) is 10.5. The van der Waals surface area contributed by atoms with Gasteiger partial charge in [0.15, 0.2) is 0 Å². The Labute approximate surface area is 172 Å². The van der Waals surface area contributed by atoms with Crippen molar-refractivity contribution in [3.63, 3.8) is 0 Å². The summed E-state index contributed by atoms with van der Waals surface area (Å²) in [4.78, 5) is 20.2. The van der Waals surface area contributed by atoms with Crippen molar-refractivity contribution >= 4 is 27.5 Å². The van der Waals surface area contributed by atoms with E-state index in [0.29, 0.717) is 24.2 Å². The van der Waals surface area contributed by atoms with E-state index in [-0.39, 0.29) is 5.91 Å². The zero-order valence-electron chi connectivity index (χ0n) is 15.8. The molecule has 2 aliphatic rings. The smallest absolute Gasteiger partial charge is 0.279 e. The quantitative estimate of drug-likeness (QED) is 0.703. The number of hydrogen-bond donors (Lipinski definition) is 1. The SMILES string of the molecule is O=C(CO)N1CC2=CN(Cc3ccc(Oc4nc5ccccc5s4)cc3)CC2C1. The number of fused-ring (bicyclic) bond motifs is 2. The van der Waals surface area contributed by atoms with Crippen LogP contribution in [0.4, 0.5) is 0 Å². The van der Waals surface area contributed by atoms with E-state index in [0.717, 1.165) is 29.1 Å². The van der Waals surface area contributed by atoms with Crippen molar-refractivity contribution in [3.8, 4) is 10.9 Å². The number of benzene rings is 2. The molecule has 1 atom stereocenters. The summed E-state index contributed by atoms with van der Waals surface area (Å²) in [5, 5.41) is 9.67. The van der Waals surface area contributed by atoms with Crippen LogP contribution in [0.15, 0.2) is 60.3 Å². The summed E-state index contributed by atoms with van der Waals surface area (Å²) in [5.74, 6) is 0.977. The fourth-order valence-electron chi connectivity index (χ4n) is 3.98. The predicted octanol–water partition coefficient (Wildman–Crippen LogP) is 3.24. The molecule has 0 radical (unpaired) electrons. The van der Waals surface area contributed by atoms with E-state index in [1.807, 2.05) is 36.4 Å². The van der Waals surface area contributed by atoms with E-state index in [9.17, 15) is 4.79 Å². The summed E-state index contributed by atoms with van der Waals surface area (Å²) in [6.07, 6.45) is 2.17. The third-order valence-corrected chi connectivity index (χ3v) is 6.33. The summed E-state index contributed by atoms with van der Waals surface area (Å²) < 4.78 is 7.03. The molecule has 1 amide bonds. The maximum atomic E-state index is 11.7. The molecule has 7 heteroatoms. The molecule has 1 saturated heterocycles. The summed E-state index contributed by atoms with van der Waals surface area (Å²) in [7, 11) is 0. The van der Waals surface area contributed by atoms with Crippen LogP contribution in [-0.4, -0.2) is 52.0 Å². The Kier molecular flexibility index (Phi) is 4.69. The van der Waals surface area contributed by atoms with Gasteiger partial charge in [0.25, 0.3) is 5.19 Å². The molecule has 148 valence electrons. The van der Waals surface area contributed by atoms with E-state index in [1.165, 1.54) is 11.1 Å². The summed E-state index contributed by atoms with van der Waals surface area (Å²) in [6.45, 7) is 2.67. The maximum absolute atomic E-state index is 11.7. The van der Waals surface area contributed by atoms with Crippen molar-refractivity contribution in [2.45, 2.75) is 6.54 Å². The molecule has 3 aromatic rings. The average Bonchev–Trinajstić information content (AvgIpc) is 3.41. The number of para-hydroxylation sites is 1. The highest BCUT2D eigenvalue weighted by molar-refractivity contribution is 7.20. The molecule has 29 heavy (non-hydrogen) atoms. The number of likely N-dealkylation sites (tertiary alicyclic amines) is 1. The van der Waals surface area contributed by atoms with Gasteiger partial charge in [-0.05, 0) is 35.4 Å². The van der Waals surface area contributed by atoms with Crippen molar-refractivity contribution in [2.24, 2.45) is 5.92 Å². The van der Waals surface area contributed by atoms with Crippen LogP contribution in [-0.2, 0) is 11.3 Å². The van der Waals surface area contributed by atoms with Crippen LogP contribution in [0.1, 0.15) is 5.56 Å². The molecule has 0 spiro atoms. The first-order valence-electron chi connectivity index (χ1n) is 9.63. The minimum Gasteiger partial charge on any atom is -0.431 e. The van der Waals surface area contributed by atoms with Crippen LogP contribution in [0, 0.1) is 5.92 Å². The van der Waals surface area contributed by atoms with Gasteiger partial charge in [-0.2, -0.15) is 0 Å². The maximum Gasteiger partial charge on any atom is 0.279 e. The largest absolute Gasteiger partial charge is 0.431 e. The topological polar surface area (TPSA) is 65.9 Å². The molecule has 3 heterocycles. The van der Waals surface area contributed by atoms with Gasteiger partial charge in [0.05, 0.1) is 10.2 Å². The van der Waals surface area contributed by atoms with Gasteiger partial charge in [0.1, 0.15) is 12.4 Å². The number of amides is 1. The van der Waals surface area contributed by atoms with Gasteiger partial charge in [-0.15, -0.1) is 0 Å².